The molecule has 1 rings (SSSR count). The van der Waals surface area contributed by atoms with E-state index >= 15 is 0 Å². The van der Waals surface area contributed by atoms with Gasteiger partial charge in [-0.3, -0.25) is 14.4 Å². The van der Waals surface area contributed by atoms with Gasteiger partial charge in [-0.05, 0) is 24.3 Å². The second kappa shape index (κ2) is 5.05. The van der Waals surface area contributed by atoms with Crippen LogP contribution in [0, 0.1) is 0 Å². The molecule has 0 spiro atoms. The van der Waals surface area contributed by atoms with Crippen molar-refractivity contribution in [3.8, 4) is 5.75 Å². The van der Waals surface area contributed by atoms with Crippen molar-refractivity contribution in [2.75, 3.05) is 6.61 Å². The van der Waals surface area contributed by atoms with Crippen LogP contribution in [0.4, 0.5) is 0 Å². The molecule has 0 aliphatic heterocycles. The second-order valence-corrected chi connectivity index (χ2v) is 2.89. The van der Waals surface area contributed by atoms with Crippen LogP contribution in [0.1, 0.15) is 17.3 Å². The average Bonchev–Trinajstić information content (AvgIpc) is 2.26. The Hall–Kier alpha value is -1.97. The number of rotatable bonds is 5. The molecule has 0 saturated heterocycles. The number of ketones is 2. The topological polar surface area (TPSA) is 60.4 Å². The molecule has 0 fully saturated rings. The van der Waals surface area contributed by atoms with Crippen LogP contribution in [0.2, 0.25) is 0 Å². The molecule has 78 valence electrons. The number of aldehydes is 1. The van der Waals surface area contributed by atoms with E-state index in [0.717, 1.165) is 0 Å². The Morgan fingerprint density at radius 2 is 1.87 bits per heavy atom. The van der Waals surface area contributed by atoms with E-state index in [4.69, 9.17) is 4.74 Å². The van der Waals surface area contributed by atoms with E-state index in [0.29, 0.717) is 17.6 Å². The lowest BCUT2D eigenvalue weighted by Gasteiger charge is -2.02. The van der Waals surface area contributed by atoms with Gasteiger partial charge in [0.2, 0.25) is 5.78 Å². The Labute approximate surface area is 86.9 Å². The van der Waals surface area contributed by atoms with Crippen LogP contribution >= 0.6 is 0 Å². The monoisotopic (exact) mass is 206 g/mol. The molecule has 0 amide bonds. The van der Waals surface area contributed by atoms with Gasteiger partial charge in [-0.2, -0.15) is 0 Å². The number of carbonyl (C=O) groups excluding carboxylic acids is 3. The predicted molar refractivity (Wildman–Crippen MR) is 53.0 cm³/mol. The van der Waals surface area contributed by atoms with E-state index in [-0.39, 0.29) is 6.61 Å². The molecule has 0 bridgehead atoms. The molecule has 4 nitrogen and oxygen atoms in total. The van der Waals surface area contributed by atoms with Crippen molar-refractivity contribution >= 4 is 17.9 Å². The molecule has 0 aliphatic rings. The molecule has 0 N–H and O–H groups in total. The van der Waals surface area contributed by atoms with E-state index in [2.05, 4.69) is 0 Å². The SMILES string of the molecule is CC(=O)C(=O)c1ccc(OCC=O)cc1. The zero-order chi connectivity index (χ0) is 11.3. The van der Waals surface area contributed by atoms with E-state index in [1.54, 1.807) is 12.1 Å². The Morgan fingerprint density at radius 1 is 1.27 bits per heavy atom. The quantitative estimate of drug-likeness (QED) is 0.410. The Balaban J connectivity index is 2.76. The van der Waals surface area contributed by atoms with Crippen molar-refractivity contribution in [3.63, 3.8) is 0 Å². The maximum absolute atomic E-state index is 11.2. The van der Waals surface area contributed by atoms with Crippen LogP contribution in [0.3, 0.4) is 0 Å². The highest BCUT2D eigenvalue weighted by Gasteiger charge is 2.10. The predicted octanol–water partition coefficient (Wildman–Crippen LogP) is 1.04. The lowest BCUT2D eigenvalue weighted by atomic mass is 10.1. The Morgan fingerprint density at radius 3 is 2.33 bits per heavy atom. The number of hydrogen-bond acceptors (Lipinski definition) is 4. The fraction of sp³-hybridized carbons (Fsp3) is 0.182. The van der Waals surface area contributed by atoms with Gasteiger partial charge in [-0.15, -0.1) is 0 Å². The first-order valence-corrected chi connectivity index (χ1v) is 4.37. The Kier molecular flexibility index (Phi) is 3.74. The molecule has 0 atom stereocenters. The van der Waals surface area contributed by atoms with Gasteiger partial charge in [0.05, 0.1) is 0 Å². The summed E-state index contributed by atoms with van der Waals surface area (Å²) in [5.74, 6) is -0.546. The van der Waals surface area contributed by atoms with Crippen LogP contribution in [-0.4, -0.2) is 24.5 Å². The maximum Gasteiger partial charge on any atom is 0.228 e. The van der Waals surface area contributed by atoms with Gasteiger partial charge in [0.15, 0.2) is 12.1 Å². The van der Waals surface area contributed by atoms with Crippen LogP contribution in [0.5, 0.6) is 5.75 Å². The van der Waals surface area contributed by atoms with E-state index in [1.807, 2.05) is 0 Å². The minimum absolute atomic E-state index is 0.0278. The minimum atomic E-state index is -0.531. The molecular formula is C11H10O4. The lowest BCUT2D eigenvalue weighted by Crippen LogP contribution is -2.09. The summed E-state index contributed by atoms with van der Waals surface area (Å²) in [6.45, 7) is 1.19. The number of Topliss-reactive ketones (excluding diaryl/α,β-unsaturated/α-hetero) is 2. The van der Waals surface area contributed by atoms with Crippen molar-refractivity contribution in [2.24, 2.45) is 0 Å². The molecule has 15 heavy (non-hydrogen) atoms. The van der Waals surface area contributed by atoms with Crippen LogP contribution in [0.25, 0.3) is 0 Å². The number of hydrogen-bond donors (Lipinski definition) is 0. The summed E-state index contributed by atoms with van der Waals surface area (Å²) in [4.78, 5) is 32.0. The van der Waals surface area contributed by atoms with Gasteiger partial charge in [0, 0.05) is 12.5 Å². The summed E-state index contributed by atoms with van der Waals surface area (Å²) < 4.78 is 4.99. The first-order valence-electron chi connectivity index (χ1n) is 4.37. The zero-order valence-electron chi connectivity index (χ0n) is 8.23. The first-order chi connectivity index (χ1) is 7.15. The van der Waals surface area contributed by atoms with Crippen molar-refractivity contribution < 1.29 is 19.1 Å². The Bertz CT molecular complexity index is 378. The van der Waals surface area contributed by atoms with Crippen molar-refractivity contribution in [3.05, 3.63) is 29.8 Å². The van der Waals surface area contributed by atoms with Crippen LogP contribution in [-0.2, 0) is 9.59 Å². The van der Waals surface area contributed by atoms with Gasteiger partial charge >= 0.3 is 0 Å². The fourth-order valence-electron chi connectivity index (χ4n) is 1.04. The van der Waals surface area contributed by atoms with Crippen molar-refractivity contribution in [1.82, 2.24) is 0 Å². The smallest absolute Gasteiger partial charge is 0.228 e. The van der Waals surface area contributed by atoms with E-state index < -0.39 is 11.6 Å². The highest BCUT2D eigenvalue weighted by molar-refractivity contribution is 6.42. The summed E-state index contributed by atoms with van der Waals surface area (Å²) in [5.41, 5.74) is 0.320. The number of ether oxygens (including phenoxy) is 1. The van der Waals surface area contributed by atoms with Crippen molar-refractivity contribution in [1.29, 1.82) is 0 Å². The second-order valence-electron chi connectivity index (χ2n) is 2.89. The van der Waals surface area contributed by atoms with E-state index in [9.17, 15) is 14.4 Å². The molecule has 1 aromatic carbocycles. The van der Waals surface area contributed by atoms with Crippen molar-refractivity contribution in [2.45, 2.75) is 6.92 Å². The summed E-state index contributed by atoms with van der Waals surface area (Å²) in [5, 5.41) is 0. The summed E-state index contributed by atoms with van der Waals surface area (Å²) in [6.07, 6.45) is 0.634. The molecule has 0 aromatic heterocycles. The summed E-state index contributed by atoms with van der Waals surface area (Å²) >= 11 is 0. The molecule has 0 radical (unpaired) electrons. The standard InChI is InChI=1S/C11H10O4/c1-8(13)11(14)9-2-4-10(5-3-9)15-7-6-12/h2-6H,7H2,1H3. The molecule has 0 heterocycles. The summed E-state index contributed by atoms with van der Waals surface area (Å²) in [7, 11) is 0. The maximum atomic E-state index is 11.2. The van der Waals surface area contributed by atoms with Gasteiger partial charge < -0.3 is 4.74 Å². The number of carbonyl (C=O) groups is 3. The third-order valence-electron chi connectivity index (χ3n) is 1.75. The lowest BCUT2D eigenvalue weighted by molar-refractivity contribution is -0.113. The fourth-order valence-corrected chi connectivity index (χ4v) is 1.04. The highest BCUT2D eigenvalue weighted by atomic mass is 16.5. The number of benzene rings is 1. The average molecular weight is 206 g/mol. The van der Waals surface area contributed by atoms with Gasteiger partial charge in [0.1, 0.15) is 12.4 Å². The zero-order valence-corrected chi connectivity index (χ0v) is 8.23. The third kappa shape index (κ3) is 3.02. The molecule has 4 heteroatoms. The molecule has 0 aliphatic carbocycles. The largest absolute Gasteiger partial charge is 0.486 e. The van der Waals surface area contributed by atoms with E-state index in [1.165, 1.54) is 19.1 Å². The first kappa shape index (κ1) is 11.1. The normalized spacial score (nSPS) is 9.40. The third-order valence-corrected chi connectivity index (χ3v) is 1.75. The molecule has 1 aromatic rings. The minimum Gasteiger partial charge on any atom is -0.486 e. The van der Waals surface area contributed by atoms with Gasteiger partial charge in [-0.1, -0.05) is 0 Å². The van der Waals surface area contributed by atoms with Crippen LogP contribution < -0.4 is 4.74 Å². The van der Waals surface area contributed by atoms with Crippen LogP contribution in [0.15, 0.2) is 24.3 Å². The van der Waals surface area contributed by atoms with Gasteiger partial charge in [-0.25, -0.2) is 0 Å². The molecule has 0 saturated carbocycles. The highest BCUT2D eigenvalue weighted by Crippen LogP contribution is 2.12. The molecule has 0 unspecified atom stereocenters. The van der Waals surface area contributed by atoms with Gasteiger partial charge in [0.25, 0.3) is 0 Å². The summed E-state index contributed by atoms with van der Waals surface area (Å²) in [6, 6.07) is 6.06. The molecular weight excluding hydrogens is 196 g/mol.